The van der Waals surface area contributed by atoms with Crippen molar-refractivity contribution in [1.82, 2.24) is 0 Å². The van der Waals surface area contributed by atoms with Gasteiger partial charge in [-0.1, -0.05) is 41.9 Å². The molecule has 0 aliphatic rings. The van der Waals surface area contributed by atoms with Crippen molar-refractivity contribution in [2.75, 3.05) is 0 Å². The maximum Gasteiger partial charge on any atom is 0.229 e. The van der Waals surface area contributed by atoms with E-state index in [1.165, 1.54) is 0 Å². The van der Waals surface area contributed by atoms with Crippen molar-refractivity contribution >= 4 is 32.8 Å². The van der Waals surface area contributed by atoms with E-state index >= 15 is 0 Å². The van der Waals surface area contributed by atoms with E-state index < -0.39 is 0 Å². The lowest BCUT2D eigenvalue weighted by Crippen LogP contribution is -2.13. The minimum absolute atomic E-state index is 0.214. The monoisotopic (exact) mass is 274 g/mol. The highest BCUT2D eigenvalue weighted by Crippen LogP contribution is 2.28. The van der Waals surface area contributed by atoms with Gasteiger partial charge in [0.1, 0.15) is 0 Å². The number of halogens is 2. The average Bonchev–Trinajstić information content (AvgIpc) is 2.02. The number of rotatable bonds is 3. The zero-order valence-corrected chi connectivity index (χ0v) is 10.5. The summed E-state index contributed by atoms with van der Waals surface area (Å²) in [6.07, 6.45) is 0. The van der Waals surface area contributed by atoms with Crippen LogP contribution >= 0.6 is 27.5 Å². The second-order valence-corrected chi connectivity index (χ2v) is 4.87. The van der Waals surface area contributed by atoms with Gasteiger partial charge in [0.2, 0.25) is 5.24 Å². The molecule has 14 heavy (non-hydrogen) atoms. The number of carbonyl (C=O) groups is 1. The third kappa shape index (κ3) is 2.82. The van der Waals surface area contributed by atoms with E-state index in [4.69, 9.17) is 11.6 Å². The highest BCUT2D eigenvalue weighted by Gasteiger charge is 2.22. The van der Waals surface area contributed by atoms with Gasteiger partial charge in [0, 0.05) is 4.47 Å². The van der Waals surface area contributed by atoms with Gasteiger partial charge < -0.3 is 0 Å². The molecule has 1 nitrogen and oxygen atoms in total. The fourth-order valence-corrected chi connectivity index (χ4v) is 2.27. The predicted molar refractivity (Wildman–Crippen MR) is 62.6 cm³/mol. The molecule has 0 spiro atoms. The highest BCUT2D eigenvalue weighted by atomic mass is 79.9. The molecule has 0 amide bonds. The summed E-state index contributed by atoms with van der Waals surface area (Å²) in [4.78, 5) is 11.2. The van der Waals surface area contributed by atoms with Crippen LogP contribution in [0, 0.1) is 5.92 Å². The Morgan fingerprint density at radius 1 is 1.43 bits per heavy atom. The molecule has 0 aromatic heterocycles. The summed E-state index contributed by atoms with van der Waals surface area (Å²) in [6, 6.07) is 7.70. The lowest BCUT2D eigenvalue weighted by molar-refractivity contribution is -0.113. The summed E-state index contributed by atoms with van der Waals surface area (Å²) in [6.45, 7) is 3.98. The van der Waals surface area contributed by atoms with Crippen molar-refractivity contribution in [3.8, 4) is 0 Å². The van der Waals surface area contributed by atoms with Crippen LogP contribution in [-0.4, -0.2) is 5.24 Å². The van der Waals surface area contributed by atoms with Gasteiger partial charge in [-0.15, -0.1) is 0 Å². The number of benzene rings is 1. The van der Waals surface area contributed by atoms with Crippen molar-refractivity contribution in [3.63, 3.8) is 0 Å². The SMILES string of the molecule is CC(C)[C@H](C(=O)Cl)c1cccc(Br)c1. The minimum atomic E-state index is -0.293. The van der Waals surface area contributed by atoms with Crippen molar-refractivity contribution in [3.05, 3.63) is 34.3 Å². The Morgan fingerprint density at radius 3 is 2.50 bits per heavy atom. The molecule has 0 N–H and O–H groups in total. The van der Waals surface area contributed by atoms with Gasteiger partial charge in [0.05, 0.1) is 5.92 Å². The number of hydrogen-bond acceptors (Lipinski definition) is 1. The topological polar surface area (TPSA) is 17.1 Å². The summed E-state index contributed by atoms with van der Waals surface area (Å²) in [5.41, 5.74) is 0.967. The molecule has 1 atom stereocenters. The van der Waals surface area contributed by atoms with Crippen LogP contribution in [0.5, 0.6) is 0 Å². The van der Waals surface area contributed by atoms with Gasteiger partial charge in [0.15, 0.2) is 0 Å². The molecular formula is C11H12BrClO. The van der Waals surface area contributed by atoms with Crippen LogP contribution in [0.3, 0.4) is 0 Å². The highest BCUT2D eigenvalue weighted by molar-refractivity contribution is 9.10. The maximum atomic E-state index is 11.2. The molecule has 1 rings (SSSR count). The number of carbonyl (C=O) groups excluding carboxylic acids is 1. The van der Waals surface area contributed by atoms with Crippen LogP contribution in [0.4, 0.5) is 0 Å². The van der Waals surface area contributed by atoms with Crippen LogP contribution in [0.1, 0.15) is 25.3 Å². The largest absolute Gasteiger partial charge is 0.281 e. The van der Waals surface area contributed by atoms with Gasteiger partial charge in [0.25, 0.3) is 0 Å². The van der Waals surface area contributed by atoms with Crippen LogP contribution in [0.25, 0.3) is 0 Å². The Labute approximate surface area is 97.6 Å². The molecule has 3 heteroatoms. The average molecular weight is 276 g/mol. The van der Waals surface area contributed by atoms with E-state index in [0.29, 0.717) is 0 Å². The van der Waals surface area contributed by atoms with E-state index in [0.717, 1.165) is 10.0 Å². The molecule has 0 saturated carbocycles. The Hall–Kier alpha value is -0.340. The van der Waals surface area contributed by atoms with Crippen molar-refractivity contribution in [1.29, 1.82) is 0 Å². The molecule has 0 radical (unpaired) electrons. The zero-order chi connectivity index (χ0) is 10.7. The maximum absolute atomic E-state index is 11.2. The summed E-state index contributed by atoms with van der Waals surface area (Å²) in [5.74, 6) is 0.00321. The van der Waals surface area contributed by atoms with E-state index in [1.54, 1.807) is 0 Å². The van der Waals surface area contributed by atoms with Gasteiger partial charge in [-0.25, -0.2) is 0 Å². The lowest BCUT2D eigenvalue weighted by Gasteiger charge is -2.16. The standard InChI is InChI=1S/C11H12BrClO/c1-7(2)10(11(13)14)8-4-3-5-9(12)6-8/h3-7,10H,1-2H3/t10-/m0/s1. The minimum Gasteiger partial charge on any atom is -0.281 e. The van der Waals surface area contributed by atoms with Gasteiger partial charge in [-0.2, -0.15) is 0 Å². The first-order chi connectivity index (χ1) is 6.52. The Morgan fingerprint density at radius 2 is 2.07 bits per heavy atom. The number of hydrogen-bond donors (Lipinski definition) is 0. The third-order valence-electron chi connectivity index (χ3n) is 2.12. The molecule has 1 aromatic carbocycles. The predicted octanol–water partition coefficient (Wildman–Crippen LogP) is 3.95. The molecule has 0 aliphatic heterocycles. The van der Waals surface area contributed by atoms with E-state index in [9.17, 15) is 4.79 Å². The first kappa shape index (κ1) is 11.7. The Kier molecular flexibility index (Phi) is 4.14. The second-order valence-electron chi connectivity index (χ2n) is 3.58. The van der Waals surface area contributed by atoms with Gasteiger partial charge in [-0.3, -0.25) is 4.79 Å². The molecule has 1 aromatic rings. The summed E-state index contributed by atoms with van der Waals surface area (Å²) in [7, 11) is 0. The first-order valence-corrected chi connectivity index (χ1v) is 5.64. The molecule has 0 saturated heterocycles. The van der Waals surface area contributed by atoms with E-state index in [-0.39, 0.29) is 17.1 Å². The lowest BCUT2D eigenvalue weighted by atomic mass is 9.90. The van der Waals surface area contributed by atoms with Crippen molar-refractivity contribution < 1.29 is 4.79 Å². The summed E-state index contributed by atoms with van der Waals surface area (Å²) >= 11 is 8.95. The van der Waals surface area contributed by atoms with Gasteiger partial charge in [-0.05, 0) is 35.2 Å². The quantitative estimate of drug-likeness (QED) is 0.763. The van der Waals surface area contributed by atoms with Crippen LogP contribution < -0.4 is 0 Å². The van der Waals surface area contributed by atoms with Crippen LogP contribution in [0.15, 0.2) is 28.7 Å². The van der Waals surface area contributed by atoms with Crippen molar-refractivity contribution in [2.45, 2.75) is 19.8 Å². The third-order valence-corrected chi connectivity index (χ3v) is 2.85. The molecule has 0 bridgehead atoms. The van der Waals surface area contributed by atoms with Crippen molar-refractivity contribution in [2.24, 2.45) is 5.92 Å². The zero-order valence-electron chi connectivity index (χ0n) is 8.13. The smallest absolute Gasteiger partial charge is 0.229 e. The van der Waals surface area contributed by atoms with E-state index in [1.807, 2.05) is 38.1 Å². The van der Waals surface area contributed by atoms with Gasteiger partial charge >= 0.3 is 0 Å². The molecule has 0 aliphatic carbocycles. The Balaban J connectivity index is 3.05. The molecule has 0 heterocycles. The fourth-order valence-electron chi connectivity index (χ4n) is 1.48. The molecule has 0 fully saturated rings. The van der Waals surface area contributed by atoms with Crippen LogP contribution in [-0.2, 0) is 4.79 Å². The van der Waals surface area contributed by atoms with E-state index in [2.05, 4.69) is 15.9 Å². The van der Waals surface area contributed by atoms with Crippen LogP contribution in [0.2, 0.25) is 0 Å². The summed E-state index contributed by atoms with van der Waals surface area (Å²) in [5, 5.41) is -0.293. The molecular weight excluding hydrogens is 263 g/mol. The molecule has 76 valence electrons. The molecule has 0 unspecified atom stereocenters. The normalized spacial score (nSPS) is 12.9. The summed E-state index contributed by atoms with van der Waals surface area (Å²) < 4.78 is 0.971. The second kappa shape index (κ2) is 4.94. The first-order valence-electron chi connectivity index (χ1n) is 4.47. The fraction of sp³-hybridized carbons (Fsp3) is 0.364. The Bertz CT molecular complexity index is 336.